The molecule has 27 heavy (non-hydrogen) atoms. The SMILES string of the molecule is Clc1cccc(N2CCCN(CN3CCCN(c4cccc(Cl)c4)C3)C2)c1. The third-order valence-corrected chi connectivity index (χ3v) is 5.76. The van der Waals surface area contributed by atoms with Gasteiger partial charge in [-0.3, -0.25) is 9.80 Å². The Bertz CT molecular complexity index is 706. The average molecular weight is 405 g/mol. The van der Waals surface area contributed by atoms with Gasteiger partial charge < -0.3 is 9.80 Å². The minimum atomic E-state index is 0.804. The van der Waals surface area contributed by atoms with Crippen LogP contribution in [0.3, 0.4) is 0 Å². The van der Waals surface area contributed by atoms with Crippen LogP contribution in [0.15, 0.2) is 48.5 Å². The van der Waals surface area contributed by atoms with E-state index in [1.54, 1.807) is 0 Å². The van der Waals surface area contributed by atoms with Crippen LogP contribution in [-0.4, -0.2) is 56.0 Å². The number of rotatable bonds is 4. The largest absolute Gasteiger partial charge is 0.358 e. The normalized spacial score (nSPS) is 19.5. The topological polar surface area (TPSA) is 13.0 Å². The van der Waals surface area contributed by atoms with Crippen molar-refractivity contribution in [2.45, 2.75) is 12.8 Å². The Morgan fingerprint density at radius 3 is 1.59 bits per heavy atom. The summed E-state index contributed by atoms with van der Waals surface area (Å²) in [5.74, 6) is 0. The van der Waals surface area contributed by atoms with Crippen molar-refractivity contribution < 1.29 is 0 Å². The number of hydrogen-bond donors (Lipinski definition) is 0. The van der Waals surface area contributed by atoms with Gasteiger partial charge >= 0.3 is 0 Å². The van der Waals surface area contributed by atoms with E-state index < -0.39 is 0 Å². The van der Waals surface area contributed by atoms with Crippen molar-refractivity contribution in [1.82, 2.24) is 9.80 Å². The van der Waals surface area contributed by atoms with Gasteiger partial charge in [0, 0.05) is 47.6 Å². The molecular formula is C21H26Cl2N4. The van der Waals surface area contributed by atoms with Crippen LogP contribution in [0.5, 0.6) is 0 Å². The lowest BCUT2D eigenvalue weighted by atomic mass is 10.2. The first-order chi connectivity index (χ1) is 13.2. The zero-order valence-corrected chi connectivity index (χ0v) is 17.0. The van der Waals surface area contributed by atoms with Crippen molar-refractivity contribution in [2.24, 2.45) is 0 Å². The van der Waals surface area contributed by atoms with Crippen LogP contribution in [0, 0.1) is 0 Å². The molecule has 2 fully saturated rings. The second kappa shape index (κ2) is 8.70. The molecule has 2 aromatic carbocycles. The smallest absolute Gasteiger partial charge is 0.0717 e. The molecule has 2 aliphatic heterocycles. The van der Waals surface area contributed by atoms with Gasteiger partial charge in [-0.25, -0.2) is 0 Å². The van der Waals surface area contributed by atoms with E-state index in [0.29, 0.717) is 0 Å². The van der Waals surface area contributed by atoms with Crippen molar-refractivity contribution in [3.8, 4) is 0 Å². The fraction of sp³-hybridized carbons (Fsp3) is 0.429. The fourth-order valence-corrected chi connectivity index (χ4v) is 4.39. The lowest BCUT2D eigenvalue weighted by Gasteiger charge is -2.43. The van der Waals surface area contributed by atoms with Gasteiger partial charge in [-0.05, 0) is 49.2 Å². The first kappa shape index (κ1) is 18.9. The second-order valence-corrected chi connectivity index (χ2v) is 8.28. The van der Waals surface area contributed by atoms with Gasteiger partial charge in [-0.2, -0.15) is 0 Å². The number of hydrogen-bond acceptors (Lipinski definition) is 4. The molecule has 0 radical (unpaired) electrons. The second-order valence-electron chi connectivity index (χ2n) is 7.41. The molecule has 0 unspecified atom stereocenters. The van der Waals surface area contributed by atoms with E-state index in [1.165, 1.54) is 24.2 Å². The van der Waals surface area contributed by atoms with Crippen LogP contribution in [0.1, 0.15) is 12.8 Å². The van der Waals surface area contributed by atoms with Gasteiger partial charge in [0.25, 0.3) is 0 Å². The van der Waals surface area contributed by atoms with Crippen LogP contribution < -0.4 is 9.80 Å². The Hall–Kier alpha value is -1.46. The van der Waals surface area contributed by atoms with Gasteiger partial charge in [0.1, 0.15) is 0 Å². The zero-order valence-electron chi connectivity index (χ0n) is 15.5. The van der Waals surface area contributed by atoms with E-state index in [4.69, 9.17) is 23.2 Å². The summed E-state index contributed by atoms with van der Waals surface area (Å²) in [5.41, 5.74) is 2.43. The van der Waals surface area contributed by atoms with Crippen LogP contribution in [-0.2, 0) is 0 Å². The van der Waals surface area contributed by atoms with Gasteiger partial charge in [0.05, 0.1) is 20.0 Å². The fourth-order valence-electron chi connectivity index (χ4n) is 4.02. The molecule has 0 N–H and O–H groups in total. The summed E-state index contributed by atoms with van der Waals surface area (Å²) in [4.78, 5) is 9.92. The van der Waals surface area contributed by atoms with Crippen molar-refractivity contribution >= 4 is 34.6 Å². The Morgan fingerprint density at radius 1 is 0.667 bits per heavy atom. The van der Waals surface area contributed by atoms with Crippen molar-refractivity contribution in [3.63, 3.8) is 0 Å². The molecule has 0 aromatic heterocycles. The summed E-state index contributed by atoms with van der Waals surface area (Å²) in [6.07, 6.45) is 2.36. The highest BCUT2D eigenvalue weighted by Crippen LogP contribution is 2.24. The van der Waals surface area contributed by atoms with E-state index in [1.807, 2.05) is 24.3 Å². The van der Waals surface area contributed by atoms with Crippen LogP contribution >= 0.6 is 23.2 Å². The Labute approximate surface area is 171 Å². The molecule has 0 amide bonds. The van der Waals surface area contributed by atoms with E-state index in [0.717, 1.165) is 56.2 Å². The van der Waals surface area contributed by atoms with E-state index in [-0.39, 0.29) is 0 Å². The summed E-state index contributed by atoms with van der Waals surface area (Å²) < 4.78 is 0. The highest BCUT2D eigenvalue weighted by atomic mass is 35.5. The molecule has 144 valence electrons. The highest BCUT2D eigenvalue weighted by molar-refractivity contribution is 6.31. The molecule has 2 heterocycles. The lowest BCUT2D eigenvalue weighted by molar-refractivity contribution is 0.107. The van der Waals surface area contributed by atoms with E-state index in [9.17, 15) is 0 Å². The molecule has 0 bridgehead atoms. The average Bonchev–Trinajstić information content (AvgIpc) is 2.68. The third kappa shape index (κ3) is 4.88. The molecule has 2 saturated heterocycles. The molecule has 4 nitrogen and oxygen atoms in total. The molecule has 2 aromatic rings. The van der Waals surface area contributed by atoms with Gasteiger partial charge in [-0.1, -0.05) is 35.3 Å². The standard InChI is InChI=1S/C21H26Cl2N4/c22-18-5-1-7-20(13-18)26-11-3-9-24(16-26)15-25-10-4-12-27(17-25)21-8-2-6-19(23)14-21/h1-2,5-8,13-14H,3-4,9-12,15-17H2. The lowest BCUT2D eigenvalue weighted by Crippen LogP contribution is -2.53. The van der Waals surface area contributed by atoms with Crippen molar-refractivity contribution in [2.75, 3.05) is 56.0 Å². The molecule has 6 heteroatoms. The first-order valence-electron chi connectivity index (χ1n) is 9.63. The molecule has 0 saturated carbocycles. The van der Waals surface area contributed by atoms with E-state index >= 15 is 0 Å². The van der Waals surface area contributed by atoms with Crippen LogP contribution in [0.25, 0.3) is 0 Å². The minimum absolute atomic E-state index is 0.804. The Balaban J connectivity index is 1.37. The highest BCUT2D eigenvalue weighted by Gasteiger charge is 2.23. The molecule has 0 spiro atoms. The molecular weight excluding hydrogens is 379 g/mol. The monoisotopic (exact) mass is 404 g/mol. The minimum Gasteiger partial charge on any atom is -0.358 e. The zero-order chi connectivity index (χ0) is 18.6. The van der Waals surface area contributed by atoms with Gasteiger partial charge in [0.2, 0.25) is 0 Å². The maximum absolute atomic E-state index is 6.18. The third-order valence-electron chi connectivity index (χ3n) is 5.29. The maximum Gasteiger partial charge on any atom is 0.0717 e. The summed E-state index contributed by atoms with van der Waals surface area (Å²) in [5, 5.41) is 1.61. The summed E-state index contributed by atoms with van der Waals surface area (Å²) >= 11 is 12.4. The maximum atomic E-state index is 6.18. The quantitative estimate of drug-likeness (QED) is 0.738. The Morgan fingerprint density at radius 2 is 1.15 bits per heavy atom. The molecule has 4 rings (SSSR count). The van der Waals surface area contributed by atoms with E-state index in [2.05, 4.69) is 43.9 Å². The van der Waals surface area contributed by atoms with Crippen molar-refractivity contribution in [1.29, 1.82) is 0 Å². The van der Waals surface area contributed by atoms with Crippen molar-refractivity contribution in [3.05, 3.63) is 58.6 Å². The van der Waals surface area contributed by atoms with Gasteiger partial charge in [0.15, 0.2) is 0 Å². The summed E-state index contributed by atoms with van der Waals surface area (Å²) in [7, 11) is 0. The number of benzene rings is 2. The van der Waals surface area contributed by atoms with Crippen LogP contribution in [0.2, 0.25) is 10.0 Å². The summed E-state index contributed by atoms with van der Waals surface area (Å²) in [6, 6.07) is 16.4. The van der Waals surface area contributed by atoms with Crippen LogP contribution in [0.4, 0.5) is 11.4 Å². The molecule has 0 atom stereocenters. The number of nitrogens with zero attached hydrogens (tertiary/aromatic N) is 4. The molecule has 2 aliphatic rings. The predicted octanol–water partition coefficient (Wildman–Crippen LogP) is 4.59. The summed E-state index contributed by atoms with van der Waals surface area (Å²) in [6.45, 7) is 7.36. The Kier molecular flexibility index (Phi) is 6.08. The number of halogens is 2. The molecule has 0 aliphatic carbocycles. The van der Waals surface area contributed by atoms with Gasteiger partial charge in [-0.15, -0.1) is 0 Å². The predicted molar refractivity (Wildman–Crippen MR) is 115 cm³/mol. The first-order valence-corrected chi connectivity index (χ1v) is 10.4. The number of anilines is 2.